The van der Waals surface area contributed by atoms with Gasteiger partial charge in [-0.1, -0.05) is 29.3 Å². The molecule has 2 amide bonds. The van der Waals surface area contributed by atoms with E-state index in [0.717, 1.165) is 25.2 Å². The van der Waals surface area contributed by atoms with Gasteiger partial charge in [0.15, 0.2) is 0 Å². The Hall–Kier alpha value is -2.57. The number of halogens is 2. The number of anilines is 2. The highest BCUT2D eigenvalue weighted by Gasteiger charge is 2.24. The van der Waals surface area contributed by atoms with Crippen molar-refractivity contribution >= 4 is 52.6 Å². The van der Waals surface area contributed by atoms with Crippen LogP contribution in [0.15, 0.2) is 42.6 Å². The Kier molecular flexibility index (Phi) is 6.54. The maximum Gasteiger partial charge on any atom is 0.248 e. The molecule has 6 nitrogen and oxygen atoms in total. The van der Waals surface area contributed by atoms with Crippen LogP contribution in [0, 0.1) is 5.92 Å². The lowest BCUT2D eigenvalue weighted by Gasteiger charge is -2.32. The second-order valence-electron chi connectivity index (χ2n) is 6.55. The van der Waals surface area contributed by atoms with E-state index in [0.29, 0.717) is 27.8 Å². The average molecular weight is 419 g/mol. The molecule has 1 unspecified atom stereocenters. The molecule has 0 spiro atoms. The Morgan fingerprint density at radius 2 is 1.96 bits per heavy atom. The fourth-order valence-electron chi connectivity index (χ4n) is 3.08. The van der Waals surface area contributed by atoms with E-state index in [4.69, 9.17) is 28.9 Å². The fraction of sp³-hybridized carbons (Fsp3) is 0.250. The normalized spacial score (nSPS) is 16.9. The van der Waals surface area contributed by atoms with Crippen LogP contribution in [0.4, 0.5) is 11.5 Å². The highest BCUT2D eigenvalue weighted by Crippen LogP contribution is 2.26. The standard InChI is InChI=1S/C20H20Cl2N4O2/c21-16-4-1-5-17(22)15(16)7-9-19(27)25-14-6-8-18(24-11-14)26-10-2-3-13(12-26)20(23)28/h1,4-9,11,13H,2-3,10,12H2,(H2,23,28)(H,25,27)/b9-7+. The molecule has 1 aliphatic heterocycles. The molecular weight excluding hydrogens is 399 g/mol. The predicted octanol–water partition coefficient (Wildman–Crippen LogP) is 3.74. The van der Waals surface area contributed by atoms with Gasteiger partial charge in [-0.05, 0) is 43.2 Å². The van der Waals surface area contributed by atoms with E-state index in [2.05, 4.69) is 10.3 Å². The summed E-state index contributed by atoms with van der Waals surface area (Å²) in [6, 6.07) is 8.73. The summed E-state index contributed by atoms with van der Waals surface area (Å²) < 4.78 is 0. The highest BCUT2D eigenvalue weighted by atomic mass is 35.5. The third-order valence-corrected chi connectivity index (χ3v) is 5.22. The topological polar surface area (TPSA) is 88.3 Å². The van der Waals surface area contributed by atoms with Crippen molar-refractivity contribution in [3.8, 4) is 0 Å². The molecule has 1 aliphatic rings. The minimum absolute atomic E-state index is 0.156. The van der Waals surface area contributed by atoms with E-state index in [1.807, 2.05) is 11.0 Å². The number of benzene rings is 1. The lowest BCUT2D eigenvalue weighted by molar-refractivity contribution is -0.122. The zero-order valence-corrected chi connectivity index (χ0v) is 16.6. The van der Waals surface area contributed by atoms with E-state index < -0.39 is 0 Å². The summed E-state index contributed by atoms with van der Waals surface area (Å²) in [4.78, 5) is 30.0. The van der Waals surface area contributed by atoms with Gasteiger partial charge in [-0.3, -0.25) is 9.59 Å². The molecular formula is C20H20Cl2N4O2. The number of rotatable bonds is 5. The van der Waals surface area contributed by atoms with E-state index in [1.54, 1.807) is 36.5 Å². The maximum absolute atomic E-state index is 12.1. The van der Waals surface area contributed by atoms with Crippen molar-refractivity contribution in [2.75, 3.05) is 23.3 Å². The molecule has 8 heteroatoms. The minimum atomic E-state index is -0.322. The van der Waals surface area contributed by atoms with Crippen molar-refractivity contribution in [1.29, 1.82) is 0 Å². The number of nitrogens with zero attached hydrogens (tertiary/aromatic N) is 2. The summed E-state index contributed by atoms with van der Waals surface area (Å²) in [6.45, 7) is 1.39. The smallest absolute Gasteiger partial charge is 0.248 e. The minimum Gasteiger partial charge on any atom is -0.369 e. The van der Waals surface area contributed by atoms with Gasteiger partial charge in [-0.25, -0.2) is 4.98 Å². The molecule has 0 radical (unpaired) electrons. The summed E-state index contributed by atoms with van der Waals surface area (Å²) in [7, 11) is 0. The molecule has 146 valence electrons. The summed E-state index contributed by atoms with van der Waals surface area (Å²) >= 11 is 12.2. The van der Waals surface area contributed by atoms with Gasteiger partial charge in [0, 0.05) is 34.8 Å². The Labute approximate surface area is 173 Å². The first kappa shape index (κ1) is 20.2. The number of carbonyl (C=O) groups is 2. The highest BCUT2D eigenvalue weighted by molar-refractivity contribution is 6.37. The molecule has 2 heterocycles. The molecule has 1 aromatic heterocycles. The molecule has 0 aliphatic carbocycles. The number of piperidine rings is 1. The Morgan fingerprint density at radius 1 is 1.21 bits per heavy atom. The summed E-state index contributed by atoms with van der Waals surface area (Å²) in [5.41, 5.74) is 6.57. The molecule has 3 N–H and O–H groups in total. The first-order chi connectivity index (χ1) is 13.4. The first-order valence-electron chi connectivity index (χ1n) is 8.87. The van der Waals surface area contributed by atoms with Crippen LogP contribution >= 0.6 is 23.2 Å². The van der Waals surface area contributed by atoms with Crippen molar-refractivity contribution in [2.24, 2.45) is 11.7 Å². The van der Waals surface area contributed by atoms with Gasteiger partial charge in [-0.2, -0.15) is 0 Å². The second-order valence-corrected chi connectivity index (χ2v) is 7.36. The second kappa shape index (κ2) is 9.08. The summed E-state index contributed by atoms with van der Waals surface area (Å²) in [5, 5.41) is 3.68. The van der Waals surface area contributed by atoms with Crippen LogP contribution in [-0.2, 0) is 9.59 Å². The largest absolute Gasteiger partial charge is 0.369 e. The van der Waals surface area contributed by atoms with Gasteiger partial charge in [0.25, 0.3) is 0 Å². The van der Waals surface area contributed by atoms with E-state index in [9.17, 15) is 9.59 Å². The van der Waals surface area contributed by atoms with E-state index >= 15 is 0 Å². The zero-order chi connectivity index (χ0) is 20.1. The third kappa shape index (κ3) is 5.03. The van der Waals surface area contributed by atoms with Crippen molar-refractivity contribution in [3.63, 3.8) is 0 Å². The lowest BCUT2D eigenvalue weighted by Crippen LogP contribution is -2.41. The number of nitrogens with one attached hydrogen (secondary N) is 1. The number of nitrogens with two attached hydrogens (primary N) is 1. The fourth-order valence-corrected chi connectivity index (χ4v) is 3.60. The summed E-state index contributed by atoms with van der Waals surface area (Å²) in [6.07, 6.45) is 6.21. The molecule has 1 atom stereocenters. The molecule has 3 rings (SSSR count). The Balaban J connectivity index is 1.62. The van der Waals surface area contributed by atoms with Crippen LogP contribution < -0.4 is 16.0 Å². The van der Waals surface area contributed by atoms with Crippen molar-refractivity contribution in [2.45, 2.75) is 12.8 Å². The number of primary amides is 1. The zero-order valence-electron chi connectivity index (χ0n) is 15.1. The molecule has 2 aromatic rings. The van der Waals surface area contributed by atoms with Crippen LogP contribution in [-0.4, -0.2) is 29.9 Å². The monoisotopic (exact) mass is 418 g/mol. The quantitative estimate of drug-likeness (QED) is 0.723. The van der Waals surface area contributed by atoms with Crippen LogP contribution in [0.3, 0.4) is 0 Å². The third-order valence-electron chi connectivity index (χ3n) is 4.56. The Morgan fingerprint density at radius 3 is 2.61 bits per heavy atom. The number of carbonyl (C=O) groups excluding carboxylic acids is 2. The molecule has 0 bridgehead atoms. The van der Waals surface area contributed by atoms with Crippen molar-refractivity contribution in [1.82, 2.24) is 4.98 Å². The van der Waals surface area contributed by atoms with Gasteiger partial charge in [0.1, 0.15) is 5.82 Å². The van der Waals surface area contributed by atoms with Crippen molar-refractivity contribution in [3.05, 3.63) is 58.2 Å². The van der Waals surface area contributed by atoms with Gasteiger partial charge in [-0.15, -0.1) is 0 Å². The van der Waals surface area contributed by atoms with Crippen molar-refractivity contribution < 1.29 is 9.59 Å². The molecule has 28 heavy (non-hydrogen) atoms. The number of pyridine rings is 1. The Bertz CT molecular complexity index is 879. The summed E-state index contributed by atoms with van der Waals surface area (Å²) in [5.74, 6) is -0.00432. The maximum atomic E-state index is 12.1. The number of aromatic nitrogens is 1. The SMILES string of the molecule is NC(=O)C1CCCN(c2ccc(NC(=O)/C=C/c3c(Cl)cccc3Cl)cn2)C1. The number of hydrogen-bond donors (Lipinski definition) is 2. The van der Waals surface area contributed by atoms with Crippen LogP contribution in [0.25, 0.3) is 6.08 Å². The van der Waals surface area contributed by atoms with E-state index in [1.165, 1.54) is 6.08 Å². The van der Waals surface area contributed by atoms with Gasteiger partial charge in [0.2, 0.25) is 11.8 Å². The number of amides is 2. The van der Waals surface area contributed by atoms with Gasteiger partial charge >= 0.3 is 0 Å². The number of hydrogen-bond acceptors (Lipinski definition) is 4. The molecule has 0 saturated carbocycles. The van der Waals surface area contributed by atoms with Crippen LogP contribution in [0.5, 0.6) is 0 Å². The van der Waals surface area contributed by atoms with Gasteiger partial charge < -0.3 is 16.0 Å². The van der Waals surface area contributed by atoms with E-state index in [-0.39, 0.29) is 17.7 Å². The predicted molar refractivity (Wildman–Crippen MR) is 112 cm³/mol. The van der Waals surface area contributed by atoms with Gasteiger partial charge in [0.05, 0.1) is 17.8 Å². The van der Waals surface area contributed by atoms with Crippen LogP contribution in [0.2, 0.25) is 10.0 Å². The molecule has 1 saturated heterocycles. The molecule has 1 fully saturated rings. The van der Waals surface area contributed by atoms with Crippen LogP contribution in [0.1, 0.15) is 18.4 Å². The average Bonchev–Trinajstić information content (AvgIpc) is 2.68. The lowest BCUT2D eigenvalue weighted by atomic mass is 9.97. The first-order valence-corrected chi connectivity index (χ1v) is 9.63. The molecule has 1 aromatic carbocycles.